The molecule has 1 rings (SSSR count). The zero-order valence-corrected chi connectivity index (χ0v) is 5.95. The van der Waals surface area contributed by atoms with Gasteiger partial charge in [0, 0.05) is 18.9 Å². The van der Waals surface area contributed by atoms with Crippen LogP contribution in [0.3, 0.4) is 0 Å². The minimum absolute atomic E-state index is 0.346. The molecule has 0 unspecified atom stereocenters. The molecule has 0 aromatic carbocycles. The molecule has 0 atom stereocenters. The van der Waals surface area contributed by atoms with Crippen molar-refractivity contribution < 1.29 is 4.79 Å². The largest absolute Gasteiger partial charge is 0.303 e. The summed E-state index contributed by atoms with van der Waals surface area (Å²) >= 11 is 0. The van der Waals surface area contributed by atoms with Gasteiger partial charge in [0.1, 0.15) is 11.9 Å². The molecular formula is C7H10N2O. The molecule has 10 heavy (non-hydrogen) atoms. The second-order valence-electron chi connectivity index (χ2n) is 2.48. The molecular weight excluding hydrogens is 128 g/mol. The third-order valence-corrected chi connectivity index (χ3v) is 1.51. The van der Waals surface area contributed by atoms with Gasteiger partial charge in [0.2, 0.25) is 0 Å². The van der Waals surface area contributed by atoms with Crippen molar-refractivity contribution in [2.24, 2.45) is 9.98 Å². The maximum absolute atomic E-state index is 10.0. The molecule has 1 aliphatic heterocycles. The molecule has 0 radical (unpaired) electrons. The first kappa shape index (κ1) is 7.12. The summed E-state index contributed by atoms with van der Waals surface area (Å²) in [5.74, 6) is 0. The molecule has 3 heteroatoms. The zero-order valence-electron chi connectivity index (χ0n) is 5.95. The first-order valence-corrected chi connectivity index (χ1v) is 3.29. The van der Waals surface area contributed by atoms with Gasteiger partial charge in [-0.05, 0) is 13.3 Å². The van der Waals surface area contributed by atoms with E-state index < -0.39 is 0 Å². The van der Waals surface area contributed by atoms with Gasteiger partial charge in [-0.3, -0.25) is 9.98 Å². The van der Waals surface area contributed by atoms with Crippen LogP contribution < -0.4 is 0 Å². The van der Waals surface area contributed by atoms with Crippen molar-refractivity contribution in [2.75, 3.05) is 0 Å². The van der Waals surface area contributed by atoms with Gasteiger partial charge in [0.25, 0.3) is 0 Å². The summed E-state index contributed by atoms with van der Waals surface area (Å²) in [5.41, 5.74) is -0.346. The Morgan fingerprint density at radius 2 is 2.10 bits per heavy atom. The highest BCUT2D eigenvalue weighted by molar-refractivity contribution is 6.17. The maximum Gasteiger partial charge on any atom is 0.147 e. The van der Waals surface area contributed by atoms with Crippen molar-refractivity contribution in [1.82, 2.24) is 0 Å². The molecule has 0 aromatic rings. The van der Waals surface area contributed by atoms with E-state index in [0.29, 0.717) is 12.8 Å². The van der Waals surface area contributed by atoms with Gasteiger partial charge in [-0.1, -0.05) is 0 Å². The quantitative estimate of drug-likeness (QED) is 0.533. The third kappa shape index (κ3) is 1.50. The topological polar surface area (TPSA) is 41.8 Å². The summed E-state index contributed by atoms with van der Waals surface area (Å²) in [6.45, 7) is 1.91. The third-order valence-electron chi connectivity index (χ3n) is 1.51. The molecule has 0 saturated heterocycles. The van der Waals surface area contributed by atoms with Gasteiger partial charge in [0.05, 0.1) is 0 Å². The van der Waals surface area contributed by atoms with E-state index in [4.69, 9.17) is 0 Å². The van der Waals surface area contributed by atoms with Crippen LogP contribution >= 0.6 is 0 Å². The predicted molar refractivity (Wildman–Crippen MR) is 40.7 cm³/mol. The normalized spacial score (nSPS) is 19.7. The van der Waals surface area contributed by atoms with E-state index in [0.717, 1.165) is 6.29 Å². The summed E-state index contributed by atoms with van der Waals surface area (Å²) in [4.78, 5) is 18.2. The smallest absolute Gasteiger partial charge is 0.147 e. The molecule has 0 fully saturated rings. The predicted octanol–water partition coefficient (Wildman–Crippen LogP) is 0.837. The van der Waals surface area contributed by atoms with E-state index >= 15 is 0 Å². The van der Waals surface area contributed by atoms with Crippen molar-refractivity contribution in [3.63, 3.8) is 0 Å². The van der Waals surface area contributed by atoms with E-state index in [1.807, 2.05) is 6.92 Å². The van der Waals surface area contributed by atoms with E-state index in [1.54, 1.807) is 12.4 Å². The Balaban J connectivity index is 2.45. The lowest BCUT2D eigenvalue weighted by molar-refractivity contribution is -0.108. The molecule has 54 valence electrons. The van der Waals surface area contributed by atoms with Crippen molar-refractivity contribution in [2.45, 2.75) is 25.4 Å². The molecule has 3 nitrogen and oxygen atoms in total. The number of aldehydes is 1. The molecule has 0 aliphatic carbocycles. The van der Waals surface area contributed by atoms with Crippen molar-refractivity contribution >= 4 is 18.7 Å². The Morgan fingerprint density at radius 1 is 1.50 bits per heavy atom. The van der Waals surface area contributed by atoms with Crippen LogP contribution in [-0.2, 0) is 4.79 Å². The summed E-state index contributed by atoms with van der Waals surface area (Å²) in [7, 11) is 0. The highest BCUT2D eigenvalue weighted by Crippen LogP contribution is 2.19. The Bertz CT molecular complexity index is 172. The Kier molecular flexibility index (Phi) is 1.94. The lowest BCUT2D eigenvalue weighted by atomic mass is 10.1. The molecule has 1 aliphatic rings. The van der Waals surface area contributed by atoms with Gasteiger partial charge >= 0.3 is 0 Å². The highest BCUT2D eigenvalue weighted by atomic mass is 16.1. The summed E-state index contributed by atoms with van der Waals surface area (Å²) in [6, 6.07) is 0. The van der Waals surface area contributed by atoms with Gasteiger partial charge in [-0.2, -0.15) is 0 Å². The second-order valence-corrected chi connectivity index (χ2v) is 2.48. The number of hydrogen-bond donors (Lipinski definition) is 0. The molecule has 0 bridgehead atoms. The molecule has 0 amide bonds. The zero-order chi connectivity index (χ0) is 7.45. The first-order valence-electron chi connectivity index (χ1n) is 3.29. The minimum atomic E-state index is -0.346. The lowest BCUT2D eigenvalue weighted by Gasteiger charge is -2.14. The fraction of sp³-hybridized carbons (Fsp3) is 0.571. The Labute approximate surface area is 59.9 Å². The standard InChI is InChI=1S/C7H10N2O/c1-7(3-2-6-10)8-4-5-9-7/h4-6H,2-3H2,1H3. The monoisotopic (exact) mass is 138 g/mol. The van der Waals surface area contributed by atoms with Crippen LogP contribution in [0.15, 0.2) is 9.98 Å². The van der Waals surface area contributed by atoms with Crippen LogP contribution in [0.2, 0.25) is 0 Å². The van der Waals surface area contributed by atoms with Crippen LogP contribution in [-0.4, -0.2) is 24.4 Å². The van der Waals surface area contributed by atoms with E-state index in [-0.39, 0.29) is 5.66 Å². The highest BCUT2D eigenvalue weighted by Gasteiger charge is 2.21. The first-order chi connectivity index (χ1) is 4.77. The number of hydrogen-bond acceptors (Lipinski definition) is 3. The van der Waals surface area contributed by atoms with Gasteiger partial charge in [-0.25, -0.2) is 0 Å². The summed E-state index contributed by atoms with van der Waals surface area (Å²) in [6.07, 6.45) is 5.49. The van der Waals surface area contributed by atoms with Crippen LogP contribution in [0.5, 0.6) is 0 Å². The van der Waals surface area contributed by atoms with E-state index in [1.165, 1.54) is 0 Å². The van der Waals surface area contributed by atoms with Crippen LogP contribution in [0.1, 0.15) is 19.8 Å². The van der Waals surface area contributed by atoms with E-state index in [9.17, 15) is 4.79 Å². The number of nitrogens with zero attached hydrogens (tertiary/aromatic N) is 2. The van der Waals surface area contributed by atoms with Gasteiger partial charge in [-0.15, -0.1) is 0 Å². The van der Waals surface area contributed by atoms with Gasteiger partial charge in [0.15, 0.2) is 0 Å². The second kappa shape index (κ2) is 2.73. The molecule has 0 saturated carbocycles. The maximum atomic E-state index is 10.0. The Hall–Kier alpha value is -0.990. The van der Waals surface area contributed by atoms with Crippen LogP contribution in [0.25, 0.3) is 0 Å². The number of rotatable bonds is 3. The minimum Gasteiger partial charge on any atom is -0.303 e. The van der Waals surface area contributed by atoms with Crippen LogP contribution in [0, 0.1) is 0 Å². The van der Waals surface area contributed by atoms with Crippen molar-refractivity contribution in [3.05, 3.63) is 0 Å². The van der Waals surface area contributed by atoms with Crippen LogP contribution in [0.4, 0.5) is 0 Å². The molecule has 0 spiro atoms. The average molecular weight is 138 g/mol. The fourth-order valence-electron chi connectivity index (χ4n) is 0.883. The lowest BCUT2D eigenvalue weighted by Crippen LogP contribution is -2.15. The summed E-state index contributed by atoms with van der Waals surface area (Å²) < 4.78 is 0. The van der Waals surface area contributed by atoms with Crippen molar-refractivity contribution in [1.29, 1.82) is 0 Å². The number of aliphatic imine (C=N–C) groups is 2. The SMILES string of the molecule is CC1(CCC=O)N=CC=N1. The average Bonchev–Trinajstić information content (AvgIpc) is 2.33. The number of carbonyl (C=O) groups is 1. The van der Waals surface area contributed by atoms with E-state index in [2.05, 4.69) is 9.98 Å². The van der Waals surface area contributed by atoms with Crippen molar-refractivity contribution in [3.8, 4) is 0 Å². The molecule has 0 N–H and O–H groups in total. The summed E-state index contributed by atoms with van der Waals surface area (Å²) in [5, 5.41) is 0. The Morgan fingerprint density at radius 3 is 2.60 bits per heavy atom. The van der Waals surface area contributed by atoms with Gasteiger partial charge < -0.3 is 4.79 Å². The fourth-order valence-corrected chi connectivity index (χ4v) is 0.883. The molecule has 1 heterocycles. The number of carbonyl (C=O) groups excluding carboxylic acids is 1. The molecule has 0 aromatic heterocycles.